The van der Waals surface area contributed by atoms with Gasteiger partial charge in [-0.2, -0.15) is 10.2 Å². The molecule has 0 saturated carbocycles. The second kappa shape index (κ2) is 21.0. The number of benzene rings is 4. The molecule has 2 amide bonds. The third-order valence-electron chi connectivity index (χ3n) is 7.55. The summed E-state index contributed by atoms with van der Waals surface area (Å²) in [4.78, 5) is 49.3. The van der Waals surface area contributed by atoms with Crippen LogP contribution in [-0.2, 0) is 9.59 Å². The van der Waals surface area contributed by atoms with Gasteiger partial charge in [-0.1, -0.05) is 42.5 Å². The number of halogens is 2. The van der Waals surface area contributed by atoms with Crippen molar-refractivity contribution in [2.75, 3.05) is 14.2 Å². The highest BCUT2D eigenvalue weighted by atomic mass is 35.5. The molecular weight excluding hydrogens is 723 g/mol. The number of carbonyl (C=O) groups excluding carboxylic acids is 4. The molecule has 0 aliphatic rings. The van der Waals surface area contributed by atoms with E-state index in [2.05, 4.69) is 21.1 Å². The number of rotatable bonds is 18. The maximum atomic E-state index is 12.4. The van der Waals surface area contributed by atoms with E-state index in [0.717, 1.165) is 19.3 Å². The first-order chi connectivity index (χ1) is 25.6. The van der Waals surface area contributed by atoms with Crippen molar-refractivity contribution in [2.45, 2.75) is 44.9 Å². The van der Waals surface area contributed by atoms with Crippen LogP contribution in [0.3, 0.4) is 0 Å². The fraction of sp³-hybridized carbons (Fsp3) is 0.231. The van der Waals surface area contributed by atoms with Crippen molar-refractivity contribution in [3.05, 3.63) is 117 Å². The van der Waals surface area contributed by atoms with Crippen LogP contribution >= 0.6 is 23.2 Å². The first-order valence-electron chi connectivity index (χ1n) is 16.6. The largest absolute Gasteiger partial charge is 0.493 e. The SMILES string of the molecule is COc1cc(/C=N/NC(=O)CCCCCCCC(=O)N/N=C/c2ccc(OC(=O)c3ccc(Cl)cc3)c(OC)c2)ccc1OC(=O)c1ccc(Cl)cc1. The molecule has 0 unspecified atom stereocenters. The van der Waals surface area contributed by atoms with Crippen LogP contribution in [0.2, 0.25) is 10.0 Å². The van der Waals surface area contributed by atoms with Crippen molar-refractivity contribution in [3.8, 4) is 23.0 Å². The van der Waals surface area contributed by atoms with Gasteiger partial charge in [-0.15, -0.1) is 0 Å². The Morgan fingerprint density at radius 3 is 1.30 bits per heavy atom. The van der Waals surface area contributed by atoms with E-state index in [9.17, 15) is 19.2 Å². The average Bonchev–Trinajstić information content (AvgIpc) is 3.15. The minimum atomic E-state index is -0.554. The van der Waals surface area contributed by atoms with Gasteiger partial charge in [0.1, 0.15) is 0 Å². The van der Waals surface area contributed by atoms with E-state index in [0.29, 0.717) is 69.5 Å². The fourth-order valence-electron chi connectivity index (χ4n) is 4.76. The first-order valence-corrected chi connectivity index (χ1v) is 17.4. The van der Waals surface area contributed by atoms with Crippen LogP contribution in [-0.4, -0.2) is 50.4 Å². The summed E-state index contributed by atoms with van der Waals surface area (Å²) in [6.45, 7) is 0. The number of carbonyl (C=O) groups is 4. The molecule has 0 fully saturated rings. The quantitative estimate of drug-likeness (QED) is 0.0343. The fourth-order valence-corrected chi connectivity index (χ4v) is 5.01. The van der Waals surface area contributed by atoms with Crippen molar-refractivity contribution in [2.24, 2.45) is 10.2 Å². The van der Waals surface area contributed by atoms with Crippen molar-refractivity contribution in [1.29, 1.82) is 0 Å². The zero-order valence-corrected chi connectivity index (χ0v) is 30.6. The molecule has 4 aromatic carbocycles. The highest BCUT2D eigenvalue weighted by molar-refractivity contribution is 6.31. The highest BCUT2D eigenvalue weighted by Gasteiger charge is 2.14. The number of esters is 2. The Hall–Kier alpha value is -5.72. The molecule has 0 spiro atoms. The molecule has 12 nitrogen and oxygen atoms in total. The number of hydrogen-bond donors (Lipinski definition) is 2. The second-order valence-corrected chi connectivity index (χ2v) is 12.3. The van der Waals surface area contributed by atoms with Crippen LogP contribution in [0.4, 0.5) is 0 Å². The van der Waals surface area contributed by atoms with Gasteiger partial charge in [0.25, 0.3) is 0 Å². The number of unbranched alkanes of at least 4 members (excludes halogenated alkanes) is 4. The molecule has 14 heteroatoms. The topological polar surface area (TPSA) is 154 Å². The number of hydrogen-bond acceptors (Lipinski definition) is 10. The van der Waals surface area contributed by atoms with Crippen LogP contribution in [0.5, 0.6) is 23.0 Å². The number of hydrazone groups is 2. The number of methoxy groups -OCH3 is 2. The zero-order chi connectivity index (χ0) is 38.0. The highest BCUT2D eigenvalue weighted by Crippen LogP contribution is 2.30. The molecule has 0 bridgehead atoms. The first kappa shape index (κ1) is 40.1. The van der Waals surface area contributed by atoms with Gasteiger partial charge in [0.05, 0.1) is 37.8 Å². The Bertz CT molecular complexity index is 1790. The molecule has 0 aromatic heterocycles. The van der Waals surface area contributed by atoms with Gasteiger partial charge in [-0.05, 0) is 109 Å². The minimum Gasteiger partial charge on any atom is -0.493 e. The third-order valence-corrected chi connectivity index (χ3v) is 8.06. The molecule has 0 radical (unpaired) electrons. The number of ether oxygens (including phenoxy) is 4. The lowest BCUT2D eigenvalue weighted by Crippen LogP contribution is -2.17. The zero-order valence-electron chi connectivity index (χ0n) is 29.1. The lowest BCUT2D eigenvalue weighted by atomic mass is 10.1. The van der Waals surface area contributed by atoms with Crippen molar-refractivity contribution in [3.63, 3.8) is 0 Å². The predicted molar refractivity (Wildman–Crippen MR) is 203 cm³/mol. The summed E-state index contributed by atoms with van der Waals surface area (Å²) in [5.41, 5.74) is 6.97. The number of nitrogens with one attached hydrogen (secondary N) is 2. The summed E-state index contributed by atoms with van der Waals surface area (Å²) in [5.74, 6) is -0.414. The van der Waals surface area contributed by atoms with Crippen LogP contribution in [0.25, 0.3) is 0 Å². The van der Waals surface area contributed by atoms with Gasteiger partial charge in [-0.25, -0.2) is 20.4 Å². The van der Waals surface area contributed by atoms with Crippen LogP contribution in [0, 0.1) is 0 Å². The third kappa shape index (κ3) is 13.4. The van der Waals surface area contributed by atoms with Gasteiger partial charge in [0.15, 0.2) is 23.0 Å². The molecule has 4 aromatic rings. The number of nitrogens with zero attached hydrogens (tertiary/aromatic N) is 2. The molecule has 53 heavy (non-hydrogen) atoms. The van der Waals surface area contributed by atoms with Crippen molar-refractivity contribution < 1.29 is 38.1 Å². The Balaban J connectivity index is 1.08. The summed E-state index contributed by atoms with van der Waals surface area (Å²) < 4.78 is 21.6. The normalized spacial score (nSPS) is 10.9. The van der Waals surface area contributed by atoms with Gasteiger partial charge < -0.3 is 18.9 Å². The van der Waals surface area contributed by atoms with E-state index < -0.39 is 11.9 Å². The molecule has 4 rings (SSSR count). The van der Waals surface area contributed by atoms with E-state index in [4.69, 9.17) is 42.1 Å². The Labute approximate surface area is 317 Å². The maximum absolute atomic E-state index is 12.4. The molecule has 2 N–H and O–H groups in total. The Kier molecular flexibility index (Phi) is 15.8. The summed E-state index contributed by atoms with van der Waals surface area (Å²) in [6, 6.07) is 22.5. The van der Waals surface area contributed by atoms with Crippen molar-refractivity contribution in [1.82, 2.24) is 10.9 Å². The second-order valence-electron chi connectivity index (χ2n) is 11.5. The van der Waals surface area contributed by atoms with E-state index in [1.54, 1.807) is 84.9 Å². The predicted octanol–water partition coefficient (Wildman–Crippen LogP) is 7.78. The summed E-state index contributed by atoms with van der Waals surface area (Å²) in [7, 11) is 2.91. The van der Waals surface area contributed by atoms with E-state index >= 15 is 0 Å². The standard InChI is InChI=1S/C39H38Cl2N4O8/c1-50-34-22-26(10-20-32(34)52-38(48)28-12-16-30(40)17-13-28)24-42-44-36(46)8-6-4-3-5-7-9-37(47)45-43-25-27-11-21-33(35(23-27)51-2)53-39(49)29-14-18-31(41)19-15-29/h10-25H,3-9H2,1-2H3,(H,44,46)(H,45,47)/b42-24+,43-25+. The smallest absolute Gasteiger partial charge is 0.343 e. The summed E-state index contributed by atoms with van der Waals surface area (Å²) in [6.07, 6.45) is 7.46. The molecule has 0 atom stereocenters. The van der Waals surface area contributed by atoms with Gasteiger partial charge >= 0.3 is 11.9 Å². The van der Waals surface area contributed by atoms with Crippen LogP contribution in [0.1, 0.15) is 76.8 Å². The summed E-state index contributed by atoms with van der Waals surface area (Å²) >= 11 is 11.7. The van der Waals surface area contributed by atoms with Crippen LogP contribution in [0.15, 0.2) is 95.1 Å². The molecule has 0 aliphatic heterocycles. The Morgan fingerprint density at radius 2 is 0.925 bits per heavy atom. The molecule has 0 heterocycles. The molecule has 0 saturated heterocycles. The molecular formula is C39H38Cl2N4O8. The lowest BCUT2D eigenvalue weighted by molar-refractivity contribution is -0.121. The monoisotopic (exact) mass is 760 g/mol. The van der Waals surface area contributed by atoms with Gasteiger partial charge in [-0.3, -0.25) is 9.59 Å². The molecule has 276 valence electrons. The number of amides is 2. The van der Waals surface area contributed by atoms with E-state index in [1.807, 2.05) is 0 Å². The Morgan fingerprint density at radius 1 is 0.547 bits per heavy atom. The average molecular weight is 762 g/mol. The van der Waals surface area contributed by atoms with Gasteiger partial charge in [0, 0.05) is 22.9 Å². The van der Waals surface area contributed by atoms with E-state index in [-0.39, 0.29) is 23.3 Å². The maximum Gasteiger partial charge on any atom is 0.343 e. The molecule has 0 aliphatic carbocycles. The van der Waals surface area contributed by atoms with Crippen molar-refractivity contribution >= 4 is 59.4 Å². The van der Waals surface area contributed by atoms with Crippen LogP contribution < -0.4 is 29.8 Å². The lowest BCUT2D eigenvalue weighted by Gasteiger charge is -2.10. The van der Waals surface area contributed by atoms with E-state index in [1.165, 1.54) is 26.6 Å². The summed E-state index contributed by atoms with van der Waals surface area (Å²) in [5, 5.41) is 9.03. The van der Waals surface area contributed by atoms with Gasteiger partial charge in [0.2, 0.25) is 11.8 Å². The minimum absolute atomic E-state index is 0.217.